The van der Waals surface area contributed by atoms with E-state index in [2.05, 4.69) is 41.5 Å². The molecule has 0 bridgehead atoms. The lowest BCUT2D eigenvalue weighted by Crippen LogP contribution is -2.16. The molecule has 1 heterocycles. The summed E-state index contributed by atoms with van der Waals surface area (Å²) in [7, 11) is 2.05. The molecule has 0 saturated heterocycles. The monoisotopic (exact) mass is 242 g/mol. The topological polar surface area (TPSA) is 24.9 Å². The van der Waals surface area contributed by atoms with Gasteiger partial charge in [0, 0.05) is 17.6 Å². The van der Waals surface area contributed by atoms with E-state index in [-0.39, 0.29) is 0 Å². The number of benzene rings is 1. The second kappa shape index (κ2) is 6.50. The smallest absolute Gasteiger partial charge is 0.0705 e. The summed E-state index contributed by atoms with van der Waals surface area (Å²) in [5.74, 6) is 0. The van der Waals surface area contributed by atoms with Gasteiger partial charge in [0.25, 0.3) is 0 Å². The quantitative estimate of drug-likeness (QED) is 0.772. The zero-order valence-electron chi connectivity index (χ0n) is 11.3. The minimum Gasteiger partial charge on any atom is -0.313 e. The van der Waals surface area contributed by atoms with Crippen LogP contribution < -0.4 is 5.32 Å². The predicted molar refractivity (Wildman–Crippen MR) is 77.7 cm³/mol. The summed E-state index contributed by atoms with van der Waals surface area (Å²) in [6.07, 6.45) is 6.97. The highest BCUT2D eigenvalue weighted by Gasteiger charge is 2.11. The summed E-state index contributed by atoms with van der Waals surface area (Å²) < 4.78 is 0. The van der Waals surface area contributed by atoms with Crippen molar-refractivity contribution in [1.82, 2.24) is 10.3 Å². The van der Waals surface area contributed by atoms with Gasteiger partial charge in [-0.2, -0.15) is 0 Å². The molecule has 2 nitrogen and oxygen atoms in total. The maximum absolute atomic E-state index is 4.43. The first-order chi connectivity index (χ1) is 8.86. The highest BCUT2D eigenvalue weighted by atomic mass is 14.9. The zero-order valence-corrected chi connectivity index (χ0v) is 11.3. The molecule has 2 aromatic rings. The van der Waals surface area contributed by atoms with Crippen LogP contribution in [0.2, 0.25) is 0 Å². The number of aromatic nitrogens is 1. The van der Waals surface area contributed by atoms with E-state index in [1.54, 1.807) is 0 Å². The molecule has 0 spiro atoms. The average Bonchev–Trinajstić information content (AvgIpc) is 2.43. The molecule has 1 unspecified atom stereocenters. The number of hydrogen-bond donors (Lipinski definition) is 1. The molecular formula is C16H22N2. The number of fused-ring (bicyclic) bond motifs is 1. The number of nitrogens with zero attached hydrogens (tertiary/aromatic N) is 1. The number of hydrogen-bond acceptors (Lipinski definition) is 2. The summed E-state index contributed by atoms with van der Waals surface area (Å²) in [5, 5.41) is 4.72. The minimum absolute atomic E-state index is 0.435. The largest absolute Gasteiger partial charge is 0.313 e. The first kappa shape index (κ1) is 13.0. The second-order valence-corrected chi connectivity index (χ2v) is 4.75. The first-order valence-corrected chi connectivity index (χ1v) is 6.87. The van der Waals surface area contributed by atoms with E-state index in [0.29, 0.717) is 6.04 Å². The lowest BCUT2D eigenvalue weighted by atomic mass is 9.97. The molecule has 0 amide bonds. The van der Waals surface area contributed by atoms with E-state index in [1.165, 1.54) is 36.6 Å². The van der Waals surface area contributed by atoms with Gasteiger partial charge < -0.3 is 5.32 Å². The molecule has 0 fully saturated rings. The molecule has 0 radical (unpaired) electrons. The number of nitrogens with one attached hydrogen (secondary N) is 1. The molecule has 18 heavy (non-hydrogen) atoms. The summed E-state index contributed by atoms with van der Waals surface area (Å²) >= 11 is 0. The summed E-state index contributed by atoms with van der Waals surface area (Å²) in [6.45, 7) is 2.25. The van der Waals surface area contributed by atoms with Crippen molar-refractivity contribution in [1.29, 1.82) is 0 Å². The zero-order chi connectivity index (χ0) is 12.8. The van der Waals surface area contributed by atoms with Crippen LogP contribution in [-0.2, 0) is 0 Å². The van der Waals surface area contributed by atoms with E-state index in [0.717, 1.165) is 5.52 Å². The van der Waals surface area contributed by atoms with Crippen molar-refractivity contribution in [2.75, 3.05) is 7.05 Å². The average molecular weight is 242 g/mol. The predicted octanol–water partition coefficient (Wildman–Crippen LogP) is 4.08. The Kier molecular flexibility index (Phi) is 4.71. The van der Waals surface area contributed by atoms with Crippen LogP contribution in [0.3, 0.4) is 0 Å². The van der Waals surface area contributed by atoms with Crippen LogP contribution in [0.1, 0.15) is 44.2 Å². The summed E-state index contributed by atoms with van der Waals surface area (Å²) in [5.41, 5.74) is 2.46. The van der Waals surface area contributed by atoms with Crippen LogP contribution in [0.15, 0.2) is 36.5 Å². The van der Waals surface area contributed by atoms with Gasteiger partial charge in [-0.3, -0.25) is 4.98 Å². The van der Waals surface area contributed by atoms with E-state index in [1.807, 2.05) is 19.3 Å². The lowest BCUT2D eigenvalue weighted by molar-refractivity contribution is 0.514. The summed E-state index contributed by atoms with van der Waals surface area (Å²) in [6, 6.07) is 11.0. The third kappa shape index (κ3) is 2.88. The Morgan fingerprint density at radius 1 is 1.17 bits per heavy atom. The Hall–Kier alpha value is -1.41. The molecule has 2 heteroatoms. The van der Waals surface area contributed by atoms with Crippen LogP contribution in [0.4, 0.5) is 0 Å². The first-order valence-electron chi connectivity index (χ1n) is 6.87. The normalized spacial score (nSPS) is 12.8. The van der Waals surface area contributed by atoms with Gasteiger partial charge in [-0.15, -0.1) is 0 Å². The Bertz CT molecular complexity index is 488. The third-order valence-electron chi connectivity index (χ3n) is 3.50. The van der Waals surface area contributed by atoms with Gasteiger partial charge in [0.1, 0.15) is 0 Å². The van der Waals surface area contributed by atoms with Crippen LogP contribution in [-0.4, -0.2) is 12.0 Å². The number of rotatable bonds is 6. The van der Waals surface area contributed by atoms with Crippen molar-refractivity contribution in [3.8, 4) is 0 Å². The third-order valence-corrected chi connectivity index (χ3v) is 3.50. The van der Waals surface area contributed by atoms with Crippen molar-refractivity contribution in [2.24, 2.45) is 0 Å². The fourth-order valence-electron chi connectivity index (χ4n) is 2.48. The number of para-hydroxylation sites is 1. The highest BCUT2D eigenvalue weighted by molar-refractivity contribution is 5.82. The Morgan fingerprint density at radius 3 is 2.78 bits per heavy atom. The molecule has 1 aromatic carbocycles. The fraction of sp³-hybridized carbons (Fsp3) is 0.438. The van der Waals surface area contributed by atoms with E-state index >= 15 is 0 Å². The summed E-state index contributed by atoms with van der Waals surface area (Å²) in [4.78, 5) is 4.43. The molecule has 0 saturated carbocycles. The molecular weight excluding hydrogens is 220 g/mol. The molecule has 0 aliphatic rings. The minimum atomic E-state index is 0.435. The molecule has 0 aliphatic carbocycles. The van der Waals surface area contributed by atoms with E-state index in [4.69, 9.17) is 0 Å². The van der Waals surface area contributed by atoms with E-state index < -0.39 is 0 Å². The van der Waals surface area contributed by atoms with Crippen molar-refractivity contribution in [3.63, 3.8) is 0 Å². The SMILES string of the molecule is CCCCCC(NC)c1ccnc2ccccc12. The Morgan fingerprint density at radius 2 is 2.00 bits per heavy atom. The molecule has 1 aromatic heterocycles. The Balaban J connectivity index is 2.27. The number of unbranched alkanes of at least 4 members (excludes halogenated alkanes) is 2. The Labute approximate surface area is 109 Å². The lowest BCUT2D eigenvalue weighted by Gasteiger charge is -2.18. The fourth-order valence-corrected chi connectivity index (χ4v) is 2.48. The van der Waals surface area contributed by atoms with Gasteiger partial charge >= 0.3 is 0 Å². The molecule has 1 N–H and O–H groups in total. The second-order valence-electron chi connectivity index (χ2n) is 4.75. The van der Waals surface area contributed by atoms with Crippen molar-refractivity contribution in [2.45, 2.75) is 38.6 Å². The van der Waals surface area contributed by atoms with Crippen LogP contribution in [0.25, 0.3) is 10.9 Å². The molecule has 1 atom stereocenters. The molecule has 2 rings (SSSR count). The van der Waals surface area contributed by atoms with Crippen LogP contribution in [0.5, 0.6) is 0 Å². The van der Waals surface area contributed by atoms with Crippen LogP contribution in [0, 0.1) is 0 Å². The number of pyridine rings is 1. The highest BCUT2D eigenvalue weighted by Crippen LogP contribution is 2.26. The van der Waals surface area contributed by atoms with Crippen LogP contribution >= 0.6 is 0 Å². The van der Waals surface area contributed by atoms with Crippen molar-refractivity contribution >= 4 is 10.9 Å². The van der Waals surface area contributed by atoms with Gasteiger partial charge in [0.15, 0.2) is 0 Å². The van der Waals surface area contributed by atoms with Gasteiger partial charge in [-0.1, -0.05) is 44.4 Å². The molecule has 0 aliphatic heterocycles. The standard InChI is InChI=1S/C16H22N2/c1-3-4-5-9-15(17-2)14-11-12-18-16-10-7-6-8-13(14)16/h6-8,10-12,15,17H,3-5,9H2,1-2H3. The van der Waals surface area contributed by atoms with Gasteiger partial charge in [0.2, 0.25) is 0 Å². The van der Waals surface area contributed by atoms with Gasteiger partial charge in [-0.25, -0.2) is 0 Å². The van der Waals surface area contributed by atoms with E-state index in [9.17, 15) is 0 Å². The van der Waals surface area contributed by atoms with Crippen molar-refractivity contribution < 1.29 is 0 Å². The van der Waals surface area contributed by atoms with Crippen molar-refractivity contribution in [3.05, 3.63) is 42.1 Å². The maximum atomic E-state index is 4.43. The van der Waals surface area contributed by atoms with Gasteiger partial charge in [0.05, 0.1) is 5.52 Å². The maximum Gasteiger partial charge on any atom is 0.0705 e. The molecule has 96 valence electrons. The van der Waals surface area contributed by atoms with Gasteiger partial charge in [-0.05, 0) is 31.2 Å².